The molecule has 0 aromatic heterocycles. The SMILES string of the molecule is C=C(C[C@@]12C[C@H]3C[C@@](C(=O)OCC)(C1=O)C(C)(C)[C@H](C3=O)C2=O)C(=O)OCCc1ccccc1. The van der Waals surface area contributed by atoms with Crippen LogP contribution in [0.1, 0.15) is 45.6 Å². The summed E-state index contributed by atoms with van der Waals surface area (Å²) in [6.07, 6.45) is 0.289. The lowest BCUT2D eigenvalue weighted by molar-refractivity contribution is -0.206. The van der Waals surface area contributed by atoms with Gasteiger partial charge in [-0.15, -0.1) is 0 Å². The van der Waals surface area contributed by atoms with E-state index in [1.54, 1.807) is 20.8 Å². The summed E-state index contributed by atoms with van der Waals surface area (Å²) in [6, 6.07) is 9.52. The number of rotatable bonds is 8. The van der Waals surface area contributed by atoms with Gasteiger partial charge in [-0.3, -0.25) is 19.2 Å². The quantitative estimate of drug-likeness (QED) is 0.329. The Kier molecular flexibility index (Phi) is 5.86. The zero-order valence-corrected chi connectivity index (χ0v) is 19.8. The number of ketones is 3. The molecule has 180 valence electrons. The molecule has 4 aliphatic rings. The number of hydrogen-bond donors (Lipinski definition) is 0. The Morgan fingerprint density at radius 1 is 1.06 bits per heavy atom. The number of carbonyl (C=O) groups excluding carboxylic acids is 5. The second-order valence-electron chi connectivity index (χ2n) is 10.2. The molecule has 4 atom stereocenters. The van der Waals surface area contributed by atoms with Crippen molar-refractivity contribution >= 4 is 29.3 Å². The highest BCUT2D eigenvalue weighted by Gasteiger charge is 2.80. The maximum atomic E-state index is 14.0. The first-order valence-electron chi connectivity index (χ1n) is 11.7. The van der Waals surface area contributed by atoms with Crippen molar-refractivity contribution < 1.29 is 33.4 Å². The van der Waals surface area contributed by atoms with Crippen molar-refractivity contribution in [2.24, 2.45) is 28.1 Å². The first-order chi connectivity index (χ1) is 16.0. The minimum Gasteiger partial charge on any atom is -0.465 e. The van der Waals surface area contributed by atoms with Gasteiger partial charge in [0.05, 0.1) is 24.5 Å². The second-order valence-corrected chi connectivity index (χ2v) is 10.2. The van der Waals surface area contributed by atoms with E-state index in [-0.39, 0.29) is 43.8 Å². The summed E-state index contributed by atoms with van der Waals surface area (Å²) in [7, 11) is 0. The Morgan fingerprint density at radius 2 is 1.74 bits per heavy atom. The molecular weight excluding hydrogens is 436 g/mol. The van der Waals surface area contributed by atoms with Crippen LogP contribution in [0.25, 0.3) is 0 Å². The number of ether oxygens (including phenoxy) is 2. The van der Waals surface area contributed by atoms with E-state index < -0.39 is 51.6 Å². The average Bonchev–Trinajstić information content (AvgIpc) is 2.79. The topological polar surface area (TPSA) is 104 Å². The first-order valence-corrected chi connectivity index (χ1v) is 11.7. The van der Waals surface area contributed by atoms with Crippen LogP contribution in [0.5, 0.6) is 0 Å². The maximum absolute atomic E-state index is 14.0. The maximum Gasteiger partial charge on any atom is 0.333 e. The molecule has 7 nitrogen and oxygen atoms in total. The van der Waals surface area contributed by atoms with Crippen LogP contribution in [0.2, 0.25) is 0 Å². The van der Waals surface area contributed by atoms with Gasteiger partial charge in [-0.2, -0.15) is 0 Å². The van der Waals surface area contributed by atoms with Crippen molar-refractivity contribution in [2.75, 3.05) is 13.2 Å². The van der Waals surface area contributed by atoms with E-state index in [4.69, 9.17) is 9.47 Å². The summed E-state index contributed by atoms with van der Waals surface area (Å²) < 4.78 is 10.6. The van der Waals surface area contributed by atoms with Gasteiger partial charge >= 0.3 is 11.9 Å². The summed E-state index contributed by atoms with van der Waals surface area (Å²) in [4.78, 5) is 66.6. The fourth-order valence-corrected chi connectivity index (χ4v) is 6.37. The van der Waals surface area contributed by atoms with Crippen LogP contribution in [0, 0.1) is 28.1 Å². The average molecular weight is 467 g/mol. The van der Waals surface area contributed by atoms with E-state index in [0.29, 0.717) is 6.42 Å². The third-order valence-corrected chi connectivity index (χ3v) is 8.11. The monoisotopic (exact) mass is 466 g/mol. The predicted molar refractivity (Wildman–Crippen MR) is 121 cm³/mol. The predicted octanol–water partition coefficient (Wildman–Crippen LogP) is 3.04. The lowest BCUT2D eigenvalue weighted by Crippen LogP contribution is -2.76. The van der Waals surface area contributed by atoms with Gasteiger partial charge in [0.1, 0.15) is 11.2 Å². The van der Waals surface area contributed by atoms with Gasteiger partial charge < -0.3 is 9.47 Å². The van der Waals surface area contributed by atoms with E-state index in [1.807, 2.05) is 30.3 Å². The van der Waals surface area contributed by atoms with Gasteiger partial charge in [0.2, 0.25) is 0 Å². The normalized spacial score (nSPS) is 30.9. The highest BCUT2D eigenvalue weighted by atomic mass is 16.5. The molecule has 0 unspecified atom stereocenters. The standard InChI is InChI=1S/C27H30O7/c1-5-33-24(32)27-15-18-14-26(23(27)31,21(29)19(20(18)28)25(27,3)4)13-16(2)22(30)34-12-11-17-9-7-6-8-10-17/h6-10,18-19H,2,5,11-15H2,1,3-4H3/t18-,19+,26-,27-/m0/s1. The molecule has 0 radical (unpaired) electrons. The molecule has 4 aliphatic carbocycles. The number of benzene rings is 1. The van der Waals surface area contributed by atoms with Crippen LogP contribution in [0.3, 0.4) is 0 Å². The zero-order chi connectivity index (χ0) is 24.9. The van der Waals surface area contributed by atoms with Crippen LogP contribution in [-0.4, -0.2) is 42.5 Å². The molecular formula is C27H30O7. The molecule has 1 aromatic carbocycles. The summed E-state index contributed by atoms with van der Waals surface area (Å²) in [6.45, 7) is 8.91. The van der Waals surface area contributed by atoms with Crippen molar-refractivity contribution in [2.45, 2.75) is 46.5 Å². The summed E-state index contributed by atoms with van der Waals surface area (Å²) >= 11 is 0. The summed E-state index contributed by atoms with van der Waals surface area (Å²) in [5.74, 6) is -4.38. The summed E-state index contributed by atoms with van der Waals surface area (Å²) in [5.41, 5.74) is -3.46. The fourth-order valence-electron chi connectivity index (χ4n) is 6.37. The number of carbonyl (C=O) groups is 5. The number of hydrogen-bond acceptors (Lipinski definition) is 7. The lowest BCUT2D eigenvalue weighted by Gasteiger charge is -2.64. The van der Waals surface area contributed by atoms with E-state index in [9.17, 15) is 24.0 Å². The third kappa shape index (κ3) is 3.20. The highest BCUT2D eigenvalue weighted by Crippen LogP contribution is 2.69. The smallest absolute Gasteiger partial charge is 0.333 e. The molecule has 1 aromatic rings. The van der Waals surface area contributed by atoms with Crippen LogP contribution in [0.15, 0.2) is 42.5 Å². The molecule has 4 saturated carbocycles. The number of Topliss-reactive ketones (excluding diaryl/α,β-unsaturated/α-hetero) is 3. The van der Waals surface area contributed by atoms with Crippen molar-refractivity contribution in [1.29, 1.82) is 0 Å². The molecule has 4 fully saturated rings. The first kappa shape index (κ1) is 24.0. The minimum atomic E-state index is -1.64. The molecule has 0 spiro atoms. The highest BCUT2D eigenvalue weighted by molar-refractivity contribution is 6.28. The fraction of sp³-hybridized carbons (Fsp3) is 0.519. The molecule has 0 amide bonds. The largest absolute Gasteiger partial charge is 0.465 e. The molecule has 5 rings (SSSR count). The van der Waals surface area contributed by atoms with Gasteiger partial charge in [-0.25, -0.2) is 4.79 Å². The van der Waals surface area contributed by atoms with Crippen LogP contribution in [0.4, 0.5) is 0 Å². The van der Waals surface area contributed by atoms with Crippen molar-refractivity contribution in [3.63, 3.8) is 0 Å². The van der Waals surface area contributed by atoms with E-state index in [0.717, 1.165) is 5.56 Å². The van der Waals surface area contributed by atoms with E-state index >= 15 is 0 Å². The summed E-state index contributed by atoms with van der Waals surface area (Å²) in [5, 5.41) is 0. The van der Waals surface area contributed by atoms with Gasteiger partial charge in [0.25, 0.3) is 0 Å². The Morgan fingerprint density at radius 3 is 2.38 bits per heavy atom. The Labute approximate surface area is 198 Å². The van der Waals surface area contributed by atoms with Crippen LogP contribution in [-0.2, 0) is 39.9 Å². The van der Waals surface area contributed by atoms with Crippen molar-refractivity contribution in [3.8, 4) is 0 Å². The Hall–Kier alpha value is -3.09. The van der Waals surface area contributed by atoms with Crippen LogP contribution < -0.4 is 0 Å². The number of esters is 2. The molecule has 0 saturated heterocycles. The molecule has 7 heteroatoms. The molecule has 4 bridgehead atoms. The molecule has 0 aliphatic heterocycles. The van der Waals surface area contributed by atoms with Gasteiger partial charge in [0, 0.05) is 23.3 Å². The minimum absolute atomic E-state index is 0.00640. The molecule has 34 heavy (non-hydrogen) atoms. The molecule has 0 heterocycles. The van der Waals surface area contributed by atoms with Crippen molar-refractivity contribution in [1.82, 2.24) is 0 Å². The van der Waals surface area contributed by atoms with E-state index in [1.165, 1.54) is 0 Å². The van der Waals surface area contributed by atoms with Gasteiger partial charge in [-0.05, 0) is 31.7 Å². The van der Waals surface area contributed by atoms with Gasteiger partial charge in [0.15, 0.2) is 11.6 Å². The Balaban J connectivity index is 1.59. The van der Waals surface area contributed by atoms with Crippen LogP contribution >= 0.6 is 0 Å². The second kappa shape index (κ2) is 8.29. The van der Waals surface area contributed by atoms with E-state index in [2.05, 4.69) is 6.58 Å². The lowest BCUT2D eigenvalue weighted by atomic mass is 9.34. The van der Waals surface area contributed by atoms with Crippen molar-refractivity contribution in [3.05, 3.63) is 48.0 Å². The zero-order valence-electron chi connectivity index (χ0n) is 19.8. The van der Waals surface area contributed by atoms with Gasteiger partial charge in [-0.1, -0.05) is 50.8 Å². The molecule has 0 N–H and O–H groups in total. The third-order valence-electron chi connectivity index (χ3n) is 8.11. The Bertz CT molecular complexity index is 1090.